The number of nitrogens with two attached hydrogens (primary N) is 1. The number of rotatable bonds is 6. The summed E-state index contributed by atoms with van der Waals surface area (Å²) in [6.07, 6.45) is 0.699. The monoisotopic (exact) mass is 288 g/mol. The third kappa shape index (κ3) is 3.52. The van der Waals surface area contributed by atoms with Gasteiger partial charge in [-0.15, -0.1) is 0 Å². The summed E-state index contributed by atoms with van der Waals surface area (Å²) in [5.41, 5.74) is 5.98. The second-order valence-electron chi connectivity index (χ2n) is 4.67. The lowest BCUT2D eigenvalue weighted by Gasteiger charge is -2.26. The Morgan fingerprint density at radius 1 is 1.37 bits per heavy atom. The van der Waals surface area contributed by atoms with Gasteiger partial charge in [0.05, 0.1) is 4.90 Å². The van der Waals surface area contributed by atoms with Gasteiger partial charge in [-0.3, -0.25) is 0 Å². The van der Waals surface area contributed by atoms with Gasteiger partial charge in [0.1, 0.15) is 5.82 Å². The van der Waals surface area contributed by atoms with E-state index in [1.165, 1.54) is 16.4 Å². The van der Waals surface area contributed by atoms with E-state index in [1.807, 2.05) is 6.92 Å². The number of hydrogen-bond donors (Lipinski definition) is 1. The standard InChI is InChI=1S/C13H21FN2O2S/c1-4-7-16(10(2)3)19(17,18)13-8-12(14)6-5-11(13)9-15/h5-6,8,10H,4,7,9,15H2,1-3H3. The third-order valence-corrected chi connectivity index (χ3v) is 5.01. The molecule has 0 spiro atoms. The Bertz CT molecular complexity index is 529. The Morgan fingerprint density at radius 3 is 2.47 bits per heavy atom. The molecule has 0 aliphatic heterocycles. The second kappa shape index (κ2) is 6.45. The van der Waals surface area contributed by atoms with E-state index in [-0.39, 0.29) is 17.5 Å². The van der Waals surface area contributed by atoms with Crippen LogP contribution in [-0.2, 0) is 16.6 Å². The maximum Gasteiger partial charge on any atom is 0.243 e. The molecular weight excluding hydrogens is 267 g/mol. The topological polar surface area (TPSA) is 63.4 Å². The molecule has 6 heteroatoms. The molecule has 0 saturated heterocycles. The van der Waals surface area contributed by atoms with Crippen LogP contribution in [-0.4, -0.2) is 25.3 Å². The van der Waals surface area contributed by atoms with Crippen LogP contribution in [0.4, 0.5) is 4.39 Å². The molecule has 0 aliphatic rings. The minimum Gasteiger partial charge on any atom is -0.326 e. The van der Waals surface area contributed by atoms with Crippen molar-refractivity contribution in [2.24, 2.45) is 5.73 Å². The number of sulfonamides is 1. The molecule has 2 N–H and O–H groups in total. The van der Waals surface area contributed by atoms with Gasteiger partial charge >= 0.3 is 0 Å². The lowest BCUT2D eigenvalue weighted by Crippen LogP contribution is -2.38. The van der Waals surface area contributed by atoms with E-state index >= 15 is 0 Å². The Hall–Kier alpha value is -0.980. The van der Waals surface area contributed by atoms with Gasteiger partial charge in [0.2, 0.25) is 10.0 Å². The normalized spacial score (nSPS) is 12.4. The van der Waals surface area contributed by atoms with Gasteiger partial charge in [-0.05, 0) is 38.0 Å². The number of hydrogen-bond acceptors (Lipinski definition) is 3. The molecule has 0 bridgehead atoms. The predicted octanol–water partition coefficient (Wildman–Crippen LogP) is 2.09. The molecule has 0 aromatic heterocycles. The first-order valence-electron chi connectivity index (χ1n) is 6.35. The van der Waals surface area contributed by atoms with E-state index in [0.717, 1.165) is 6.07 Å². The fourth-order valence-electron chi connectivity index (χ4n) is 1.94. The summed E-state index contributed by atoms with van der Waals surface area (Å²) < 4.78 is 39.9. The number of halogens is 1. The van der Waals surface area contributed by atoms with Gasteiger partial charge in [-0.1, -0.05) is 13.0 Å². The molecule has 1 aromatic carbocycles. The molecule has 0 fully saturated rings. The molecular formula is C13H21FN2O2S. The van der Waals surface area contributed by atoms with Crippen LogP contribution >= 0.6 is 0 Å². The summed E-state index contributed by atoms with van der Waals surface area (Å²) in [4.78, 5) is -0.0304. The first kappa shape index (κ1) is 16.1. The maximum absolute atomic E-state index is 13.3. The second-order valence-corrected chi connectivity index (χ2v) is 6.52. The Balaban J connectivity index is 3.36. The van der Waals surface area contributed by atoms with Crippen molar-refractivity contribution >= 4 is 10.0 Å². The molecule has 0 heterocycles. The molecule has 0 radical (unpaired) electrons. The molecule has 1 aromatic rings. The summed E-state index contributed by atoms with van der Waals surface area (Å²) in [7, 11) is -3.71. The minimum atomic E-state index is -3.71. The van der Waals surface area contributed by atoms with E-state index in [9.17, 15) is 12.8 Å². The fraction of sp³-hybridized carbons (Fsp3) is 0.538. The lowest BCUT2D eigenvalue weighted by atomic mass is 10.2. The highest BCUT2D eigenvalue weighted by Gasteiger charge is 2.28. The van der Waals surface area contributed by atoms with Crippen molar-refractivity contribution in [3.63, 3.8) is 0 Å². The van der Waals surface area contributed by atoms with Crippen LogP contribution in [0.1, 0.15) is 32.8 Å². The van der Waals surface area contributed by atoms with Gasteiger partial charge in [-0.2, -0.15) is 4.31 Å². The first-order chi connectivity index (χ1) is 8.84. The zero-order valence-electron chi connectivity index (χ0n) is 11.6. The molecule has 0 atom stereocenters. The SMILES string of the molecule is CCCN(C(C)C)S(=O)(=O)c1cc(F)ccc1CN. The van der Waals surface area contributed by atoms with Gasteiger partial charge in [0, 0.05) is 19.1 Å². The maximum atomic E-state index is 13.3. The zero-order valence-corrected chi connectivity index (χ0v) is 12.4. The van der Waals surface area contributed by atoms with Crippen molar-refractivity contribution in [2.75, 3.05) is 6.54 Å². The van der Waals surface area contributed by atoms with Gasteiger partial charge in [-0.25, -0.2) is 12.8 Å². The average molecular weight is 288 g/mol. The van der Waals surface area contributed by atoms with Crippen LogP contribution < -0.4 is 5.73 Å². The smallest absolute Gasteiger partial charge is 0.243 e. The van der Waals surface area contributed by atoms with Crippen LogP contribution in [0.2, 0.25) is 0 Å². The summed E-state index contributed by atoms with van der Waals surface area (Å²) >= 11 is 0. The molecule has 1 rings (SSSR count). The van der Waals surface area contributed by atoms with Crippen LogP contribution in [0.15, 0.2) is 23.1 Å². The van der Waals surface area contributed by atoms with E-state index in [4.69, 9.17) is 5.73 Å². The molecule has 0 aliphatic carbocycles. The molecule has 19 heavy (non-hydrogen) atoms. The first-order valence-corrected chi connectivity index (χ1v) is 7.79. The van der Waals surface area contributed by atoms with Crippen molar-refractivity contribution < 1.29 is 12.8 Å². The lowest BCUT2D eigenvalue weighted by molar-refractivity contribution is 0.353. The van der Waals surface area contributed by atoms with E-state index in [2.05, 4.69) is 0 Å². The fourth-order valence-corrected chi connectivity index (χ4v) is 3.91. The van der Waals surface area contributed by atoms with E-state index in [1.54, 1.807) is 13.8 Å². The number of nitrogens with zero attached hydrogens (tertiary/aromatic N) is 1. The highest BCUT2D eigenvalue weighted by Crippen LogP contribution is 2.23. The Kier molecular flexibility index (Phi) is 5.46. The van der Waals surface area contributed by atoms with Gasteiger partial charge in [0.25, 0.3) is 0 Å². The van der Waals surface area contributed by atoms with Crippen LogP contribution in [0.5, 0.6) is 0 Å². The van der Waals surface area contributed by atoms with Gasteiger partial charge in [0.15, 0.2) is 0 Å². The van der Waals surface area contributed by atoms with E-state index < -0.39 is 15.8 Å². The summed E-state index contributed by atoms with van der Waals surface area (Å²) in [5, 5.41) is 0. The third-order valence-electron chi connectivity index (χ3n) is 2.86. The van der Waals surface area contributed by atoms with E-state index in [0.29, 0.717) is 18.5 Å². The molecule has 0 saturated carbocycles. The highest BCUT2D eigenvalue weighted by atomic mass is 32.2. The quantitative estimate of drug-likeness (QED) is 0.872. The highest BCUT2D eigenvalue weighted by molar-refractivity contribution is 7.89. The molecule has 0 unspecified atom stereocenters. The summed E-state index contributed by atoms with van der Waals surface area (Å²) in [6, 6.07) is 3.51. The predicted molar refractivity (Wildman–Crippen MR) is 73.6 cm³/mol. The van der Waals surface area contributed by atoms with Crippen LogP contribution in [0.25, 0.3) is 0 Å². The van der Waals surface area contributed by atoms with Crippen molar-refractivity contribution in [1.29, 1.82) is 0 Å². The van der Waals surface area contributed by atoms with Gasteiger partial charge < -0.3 is 5.73 Å². The van der Waals surface area contributed by atoms with Crippen molar-refractivity contribution in [3.8, 4) is 0 Å². The van der Waals surface area contributed by atoms with Crippen molar-refractivity contribution in [2.45, 2.75) is 44.7 Å². The summed E-state index contributed by atoms with van der Waals surface area (Å²) in [5.74, 6) is -0.573. The average Bonchev–Trinajstić information content (AvgIpc) is 2.35. The summed E-state index contributed by atoms with van der Waals surface area (Å²) in [6.45, 7) is 5.97. The zero-order chi connectivity index (χ0) is 14.6. The minimum absolute atomic E-state index is 0.0304. The molecule has 0 amide bonds. The van der Waals surface area contributed by atoms with Crippen LogP contribution in [0.3, 0.4) is 0 Å². The van der Waals surface area contributed by atoms with Crippen LogP contribution in [0, 0.1) is 5.82 Å². The Labute approximate surface area is 114 Å². The van der Waals surface area contributed by atoms with Crippen molar-refractivity contribution in [1.82, 2.24) is 4.31 Å². The molecule has 4 nitrogen and oxygen atoms in total. The number of benzene rings is 1. The Morgan fingerprint density at radius 2 is 2.00 bits per heavy atom. The molecule has 108 valence electrons. The van der Waals surface area contributed by atoms with Crippen molar-refractivity contribution in [3.05, 3.63) is 29.6 Å². The largest absolute Gasteiger partial charge is 0.326 e.